The SMILES string of the molecule is CC(C)c1nc(NCc2ccccc2N)cc(=O)[nH]1. The molecule has 0 atom stereocenters. The molecule has 0 aliphatic rings. The number of H-pyrrole nitrogens is 1. The van der Waals surface area contributed by atoms with Gasteiger partial charge in [-0.25, -0.2) is 4.98 Å². The average molecular weight is 258 g/mol. The maximum atomic E-state index is 11.5. The van der Waals surface area contributed by atoms with Gasteiger partial charge < -0.3 is 16.0 Å². The predicted octanol–water partition coefficient (Wildman–Crippen LogP) is 2.09. The summed E-state index contributed by atoms with van der Waals surface area (Å²) in [4.78, 5) is 18.6. The summed E-state index contributed by atoms with van der Waals surface area (Å²) in [5, 5.41) is 3.13. The van der Waals surface area contributed by atoms with Crippen LogP contribution >= 0.6 is 0 Å². The van der Waals surface area contributed by atoms with E-state index >= 15 is 0 Å². The Kier molecular flexibility index (Phi) is 3.85. The predicted molar refractivity (Wildman–Crippen MR) is 77.1 cm³/mol. The molecule has 0 aliphatic heterocycles. The van der Waals surface area contributed by atoms with E-state index in [1.807, 2.05) is 38.1 Å². The highest BCUT2D eigenvalue weighted by Crippen LogP contribution is 2.13. The number of nitrogens with two attached hydrogens (primary N) is 1. The van der Waals surface area contributed by atoms with Gasteiger partial charge in [0.15, 0.2) is 0 Å². The summed E-state index contributed by atoms with van der Waals surface area (Å²) in [5.41, 5.74) is 7.42. The third kappa shape index (κ3) is 3.34. The maximum absolute atomic E-state index is 11.5. The van der Waals surface area contributed by atoms with Crippen LogP contribution in [-0.2, 0) is 6.54 Å². The topological polar surface area (TPSA) is 83.8 Å². The highest BCUT2D eigenvalue weighted by molar-refractivity contribution is 5.48. The molecule has 4 N–H and O–H groups in total. The van der Waals surface area contributed by atoms with Gasteiger partial charge in [-0.2, -0.15) is 0 Å². The third-order valence-corrected chi connectivity index (χ3v) is 2.82. The molecule has 0 radical (unpaired) electrons. The molecule has 0 saturated heterocycles. The van der Waals surface area contributed by atoms with Crippen LogP contribution in [0.1, 0.15) is 31.2 Å². The molecule has 1 aromatic heterocycles. The van der Waals surface area contributed by atoms with Crippen LogP contribution in [0.15, 0.2) is 35.1 Å². The smallest absolute Gasteiger partial charge is 0.252 e. The second-order valence-electron chi connectivity index (χ2n) is 4.72. The standard InChI is InChI=1S/C14H18N4O/c1-9(2)14-17-12(7-13(19)18-14)16-8-10-5-3-4-6-11(10)15/h3-7,9H,8,15H2,1-2H3,(H2,16,17,18,19). The van der Waals surface area contributed by atoms with Crippen LogP contribution < -0.4 is 16.6 Å². The first kappa shape index (κ1) is 13.1. The summed E-state index contributed by atoms with van der Waals surface area (Å²) < 4.78 is 0. The Morgan fingerprint density at radius 3 is 2.79 bits per heavy atom. The van der Waals surface area contributed by atoms with Gasteiger partial charge in [0.2, 0.25) is 0 Å². The van der Waals surface area contributed by atoms with Crippen molar-refractivity contribution in [1.29, 1.82) is 0 Å². The van der Waals surface area contributed by atoms with Gasteiger partial charge in [-0.1, -0.05) is 32.0 Å². The fraction of sp³-hybridized carbons (Fsp3) is 0.286. The van der Waals surface area contributed by atoms with Gasteiger partial charge in [0.25, 0.3) is 5.56 Å². The van der Waals surface area contributed by atoms with Gasteiger partial charge in [-0.05, 0) is 11.6 Å². The van der Waals surface area contributed by atoms with E-state index in [1.165, 1.54) is 6.07 Å². The van der Waals surface area contributed by atoms with Crippen molar-refractivity contribution in [1.82, 2.24) is 9.97 Å². The molecule has 0 fully saturated rings. The molecule has 0 unspecified atom stereocenters. The maximum Gasteiger partial charge on any atom is 0.252 e. The first-order chi connectivity index (χ1) is 9.06. The van der Waals surface area contributed by atoms with Gasteiger partial charge >= 0.3 is 0 Å². The lowest BCUT2D eigenvalue weighted by molar-refractivity contribution is 0.767. The van der Waals surface area contributed by atoms with E-state index in [9.17, 15) is 4.79 Å². The summed E-state index contributed by atoms with van der Waals surface area (Å²) >= 11 is 0. The monoisotopic (exact) mass is 258 g/mol. The van der Waals surface area contributed by atoms with Crippen molar-refractivity contribution in [2.75, 3.05) is 11.1 Å². The van der Waals surface area contributed by atoms with Crippen molar-refractivity contribution in [2.45, 2.75) is 26.3 Å². The number of benzene rings is 1. The molecule has 100 valence electrons. The summed E-state index contributed by atoms with van der Waals surface area (Å²) in [6.07, 6.45) is 0. The number of nitrogens with one attached hydrogen (secondary N) is 2. The minimum absolute atomic E-state index is 0.151. The number of aromatic amines is 1. The molecule has 0 aliphatic carbocycles. The summed E-state index contributed by atoms with van der Waals surface area (Å²) in [6, 6.07) is 9.06. The number of nitrogen functional groups attached to an aromatic ring is 1. The molecule has 1 aromatic carbocycles. The van der Waals surface area contributed by atoms with Gasteiger partial charge in [0, 0.05) is 24.2 Å². The first-order valence-corrected chi connectivity index (χ1v) is 6.25. The highest BCUT2D eigenvalue weighted by atomic mass is 16.1. The number of hydrogen-bond acceptors (Lipinski definition) is 4. The Morgan fingerprint density at radius 1 is 1.37 bits per heavy atom. The Bertz CT molecular complexity index is 619. The van der Waals surface area contributed by atoms with Crippen molar-refractivity contribution in [3.63, 3.8) is 0 Å². The zero-order valence-electron chi connectivity index (χ0n) is 11.1. The van der Waals surface area contributed by atoms with E-state index in [0.29, 0.717) is 18.2 Å². The third-order valence-electron chi connectivity index (χ3n) is 2.82. The molecule has 5 nitrogen and oxygen atoms in total. The molecule has 0 saturated carbocycles. The fourth-order valence-corrected chi connectivity index (χ4v) is 1.72. The largest absolute Gasteiger partial charge is 0.398 e. The van der Waals surface area contributed by atoms with E-state index < -0.39 is 0 Å². The number of aromatic nitrogens is 2. The van der Waals surface area contributed by atoms with Crippen LogP contribution in [-0.4, -0.2) is 9.97 Å². The lowest BCUT2D eigenvalue weighted by Crippen LogP contribution is -2.14. The second kappa shape index (κ2) is 5.56. The molecule has 0 amide bonds. The van der Waals surface area contributed by atoms with Gasteiger partial charge in [0.1, 0.15) is 11.6 Å². The summed E-state index contributed by atoms with van der Waals surface area (Å²) in [6.45, 7) is 4.51. The van der Waals surface area contributed by atoms with Crippen LogP contribution in [0.3, 0.4) is 0 Å². The molecule has 2 rings (SSSR count). The van der Waals surface area contributed by atoms with Gasteiger partial charge in [0.05, 0.1) is 0 Å². The highest BCUT2D eigenvalue weighted by Gasteiger charge is 2.05. The van der Waals surface area contributed by atoms with E-state index in [-0.39, 0.29) is 11.5 Å². The second-order valence-corrected chi connectivity index (χ2v) is 4.72. The quantitative estimate of drug-likeness (QED) is 0.733. The summed E-state index contributed by atoms with van der Waals surface area (Å²) in [5.74, 6) is 1.42. The number of anilines is 2. The lowest BCUT2D eigenvalue weighted by Gasteiger charge is -2.10. The van der Waals surface area contributed by atoms with Crippen LogP contribution in [0.25, 0.3) is 0 Å². The van der Waals surface area contributed by atoms with Crippen LogP contribution in [0.5, 0.6) is 0 Å². The van der Waals surface area contributed by atoms with Crippen LogP contribution in [0, 0.1) is 0 Å². The number of hydrogen-bond donors (Lipinski definition) is 3. The zero-order chi connectivity index (χ0) is 13.8. The van der Waals surface area contributed by atoms with Gasteiger partial charge in [-0.15, -0.1) is 0 Å². The molecule has 5 heteroatoms. The number of nitrogens with zero attached hydrogens (tertiary/aromatic N) is 1. The van der Waals surface area contributed by atoms with Gasteiger partial charge in [-0.3, -0.25) is 4.79 Å². The lowest BCUT2D eigenvalue weighted by atomic mass is 10.2. The molecule has 2 aromatic rings. The Balaban J connectivity index is 2.16. The zero-order valence-corrected chi connectivity index (χ0v) is 11.1. The minimum Gasteiger partial charge on any atom is -0.398 e. The Labute approximate surface area is 111 Å². The van der Waals surface area contributed by atoms with Crippen LogP contribution in [0.2, 0.25) is 0 Å². The first-order valence-electron chi connectivity index (χ1n) is 6.25. The van der Waals surface area contributed by atoms with E-state index in [4.69, 9.17) is 5.73 Å². The summed E-state index contributed by atoms with van der Waals surface area (Å²) in [7, 11) is 0. The Hall–Kier alpha value is -2.30. The molecule has 0 bridgehead atoms. The fourth-order valence-electron chi connectivity index (χ4n) is 1.72. The number of para-hydroxylation sites is 1. The van der Waals surface area contributed by atoms with Crippen molar-refractivity contribution in [2.24, 2.45) is 0 Å². The molecule has 1 heterocycles. The van der Waals surface area contributed by atoms with Crippen LogP contribution in [0.4, 0.5) is 11.5 Å². The van der Waals surface area contributed by atoms with E-state index in [1.54, 1.807) is 0 Å². The molecular formula is C14H18N4O. The average Bonchev–Trinajstić information content (AvgIpc) is 2.37. The van der Waals surface area contributed by atoms with Crippen molar-refractivity contribution in [3.8, 4) is 0 Å². The van der Waals surface area contributed by atoms with Crippen molar-refractivity contribution in [3.05, 3.63) is 52.1 Å². The molecule has 19 heavy (non-hydrogen) atoms. The van der Waals surface area contributed by atoms with E-state index in [0.717, 1.165) is 11.3 Å². The molecular weight excluding hydrogens is 240 g/mol. The minimum atomic E-state index is -0.151. The van der Waals surface area contributed by atoms with E-state index in [2.05, 4.69) is 15.3 Å². The van der Waals surface area contributed by atoms with Crippen molar-refractivity contribution >= 4 is 11.5 Å². The molecule has 0 spiro atoms. The Morgan fingerprint density at radius 2 is 2.11 bits per heavy atom. The number of rotatable bonds is 4. The normalized spacial score (nSPS) is 10.7. The van der Waals surface area contributed by atoms with Crippen molar-refractivity contribution < 1.29 is 0 Å².